The lowest BCUT2D eigenvalue weighted by Crippen LogP contribution is -2.51. The van der Waals surface area contributed by atoms with Crippen molar-refractivity contribution in [2.75, 3.05) is 18.1 Å². The van der Waals surface area contributed by atoms with Crippen LogP contribution in [0, 0.1) is 11.6 Å². The van der Waals surface area contributed by atoms with E-state index in [1.165, 1.54) is 6.92 Å². The van der Waals surface area contributed by atoms with Crippen LogP contribution in [0.1, 0.15) is 25.8 Å². The van der Waals surface area contributed by atoms with Crippen molar-refractivity contribution in [3.8, 4) is 0 Å². The van der Waals surface area contributed by atoms with E-state index in [1.54, 1.807) is 6.92 Å². The van der Waals surface area contributed by atoms with Gasteiger partial charge in [0.15, 0.2) is 9.84 Å². The van der Waals surface area contributed by atoms with Gasteiger partial charge in [0.2, 0.25) is 5.91 Å². The summed E-state index contributed by atoms with van der Waals surface area (Å²) in [5, 5.41) is 4.83. The fourth-order valence-corrected chi connectivity index (χ4v) is 5.63. The second kappa shape index (κ2) is 6.50. The molecule has 4 amide bonds. The van der Waals surface area contributed by atoms with Gasteiger partial charge in [-0.2, -0.15) is 0 Å². The SMILES string of the molecule is C[C@@]1(NC(=O)CN2C(=O)N[C@@](C)(c3cc(F)ccc3F)C2=O)CCS(=O)(=O)C1. The van der Waals surface area contributed by atoms with Crippen LogP contribution < -0.4 is 10.6 Å². The predicted octanol–water partition coefficient (Wildman–Crippen LogP) is 0.425. The number of amides is 4. The minimum atomic E-state index is -3.26. The van der Waals surface area contributed by atoms with Gasteiger partial charge < -0.3 is 10.6 Å². The van der Waals surface area contributed by atoms with Crippen molar-refractivity contribution in [1.82, 2.24) is 15.5 Å². The molecule has 0 spiro atoms. The zero-order chi connectivity index (χ0) is 20.9. The Labute approximate surface area is 160 Å². The Kier molecular flexibility index (Phi) is 4.69. The summed E-state index contributed by atoms with van der Waals surface area (Å²) in [4.78, 5) is 37.9. The molecule has 2 atom stereocenters. The molecule has 2 N–H and O–H groups in total. The summed E-state index contributed by atoms with van der Waals surface area (Å²) in [6.07, 6.45) is 0.216. The molecule has 1 aromatic rings. The molecule has 2 fully saturated rings. The first-order chi connectivity index (χ1) is 12.9. The minimum absolute atomic E-state index is 0.0656. The van der Waals surface area contributed by atoms with Crippen molar-refractivity contribution in [3.05, 3.63) is 35.4 Å². The van der Waals surface area contributed by atoms with Gasteiger partial charge in [-0.1, -0.05) is 0 Å². The molecule has 0 radical (unpaired) electrons. The predicted molar refractivity (Wildman–Crippen MR) is 93.8 cm³/mol. The fourth-order valence-electron chi connectivity index (χ4n) is 3.53. The minimum Gasteiger partial charge on any atom is -0.348 e. The lowest BCUT2D eigenvalue weighted by Gasteiger charge is -2.25. The fraction of sp³-hybridized carbons (Fsp3) is 0.471. The number of carbonyl (C=O) groups excluding carboxylic acids is 3. The largest absolute Gasteiger partial charge is 0.348 e. The van der Waals surface area contributed by atoms with Crippen LogP contribution in [0.3, 0.4) is 0 Å². The lowest BCUT2D eigenvalue weighted by molar-refractivity contribution is -0.135. The van der Waals surface area contributed by atoms with Gasteiger partial charge in [-0.25, -0.2) is 22.0 Å². The highest BCUT2D eigenvalue weighted by Crippen LogP contribution is 2.31. The van der Waals surface area contributed by atoms with E-state index in [0.717, 1.165) is 18.2 Å². The summed E-state index contributed by atoms with van der Waals surface area (Å²) in [6.45, 7) is 2.11. The van der Waals surface area contributed by atoms with Crippen molar-refractivity contribution >= 4 is 27.7 Å². The van der Waals surface area contributed by atoms with Crippen LogP contribution in [-0.2, 0) is 25.0 Å². The van der Waals surface area contributed by atoms with Gasteiger partial charge in [-0.3, -0.25) is 14.5 Å². The number of rotatable bonds is 4. The summed E-state index contributed by atoms with van der Waals surface area (Å²) in [6, 6.07) is 1.59. The van der Waals surface area contributed by atoms with E-state index in [2.05, 4.69) is 10.6 Å². The number of carbonyl (C=O) groups is 3. The molecule has 2 aliphatic rings. The normalized spacial score (nSPS) is 29.1. The van der Waals surface area contributed by atoms with Crippen LogP contribution in [-0.4, -0.2) is 54.8 Å². The Hall–Kier alpha value is -2.56. The molecule has 0 bridgehead atoms. The third-order valence-corrected chi connectivity index (χ3v) is 6.89. The molecule has 11 heteroatoms. The van der Waals surface area contributed by atoms with Crippen LogP contribution in [0.4, 0.5) is 13.6 Å². The van der Waals surface area contributed by atoms with E-state index in [1.807, 2.05) is 0 Å². The molecule has 2 saturated heterocycles. The highest BCUT2D eigenvalue weighted by Gasteiger charge is 2.51. The molecule has 1 aromatic carbocycles. The van der Waals surface area contributed by atoms with E-state index in [-0.39, 0.29) is 23.5 Å². The number of nitrogens with zero attached hydrogens (tertiary/aromatic N) is 1. The quantitative estimate of drug-likeness (QED) is 0.693. The van der Waals surface area contributed by atoms with Crippen molar-refractivity contribution in [2.45, 2.75) is 31.3 Å². The van der Waals surface area contributed by atoms with Gasteiger partial charge in [0.25, 0.3) is 5.91 Å². The highest BCUT2D eigenvalue weighted by atomic mass is 32.2. The Morgan fingerprint density at radius 3 is 2.57 bits per heavy atom. The molecule has 28 heavy (non-hydrogen) atoms. The summed E-state index contributed by atoms with van der Waals surface area (Å²) in [5.74, 6) is -3.62. The molecule has 0 aromatic heterocycles. The van der Waals surface area contributed by atoms with Crippen molar-refractivity contribution < 1.29 is 31.6 Å². The Morgan fingerprint density at radius 1 is 1.29 bits per heavy atom. The lowest BCUT2D eigenvalue weighted by atomic mass is 9.91. The number of sulfone groups is 1. The number of urea groups is 1. The average Bonchev–Trinajstić information content (AvgIpc) is 2.97. The first kappa shape index (κ1) is 20.2. The summed E-state index contributed by atoms with van der Waals surface area (Å²) < 4.78 is 50.9. The standard InChI is InChI=1S/C17H19F2N3O5S/c1-16(5-6-28(26,27)9-16)20-13(23)8-22-14(24)17(2,21-15(22)25)11-7-10(18)3-4-12(11)19/h3-4,7H,5-6,8-9H2,1-2H3,(H,20,23)(H,21,25)/t16-,17+/m1/s1. The van der Waals surface area contributed by atoms with Crippen LogP contribution in [0.15, 0.2) is 18.2 Å². The topological polar surface area (TPSA) is 113 Å². The van der Waals surface area contributed by atoms with Crippen LogP contribution in [0.2, 0.25) is 0 Å². The van der Waals surface area contributed by atoms with E-state index >= 15 is 0 Å². The highest BCUT2D eigenvalue weighted by molar-refractivity contribution is 7.91. The van der Waals surface area contributed by atoms with Crippen LogP contribution in [0.25, 0.3) is 0 Å². The number of hydrogen-bond donors (Lipinski definition) is 2. The third-order valence-electron chi connectivity index (χ3n) is 4.99. The van der Waals surface area contributed by atoms with Gasteiger partial charge in [0, 0.05) is 5.56 Å². The molecular formula is C17H19F2N3O5S. The van der Waals surface area contributed by atoms with Gasteiger partial charge in [0.05, 0.1) is 17.0 Å². The first-order valence-electron chi connectivity index (χ1n) is 8.46. The molecule has 2 heterocycles. The Balaban J connectivity index is 1.77. The Morgan fingerprint density at radius 2 is 1.96 bits per heavy atom. The van der Waals surface area contributed by atoms with Crippen LogP contribution >= 0.6 is 0 Å². The Bertz CT molecular complexity index is 983. The summed E-state index contributed by atoms with van der Waals surface area (Å²) in [7, 11) is -3.26. The maximum Gasteiger partial charge on any atom is 0.325 e. The van der Waals surface area contributed by atoms with E-state index < -0.39 is 56.9 Å². The number of benzene rings is 1. The molecule has 0 unspecified atom stereocenters. The van der Waals surface area contributed by atoms with E-state index in [4.69, 9.17) is 0 Å². The zero-order valence-corrected chi connectivity index (χ0v) is 16.0. The monoisotopic (exact) mass is 415 g/mol. The van der Waals surface area contributed by atoms with E-state index in [0.29, 0.717) is 4.90 Å². The average molecular weight is 415 g/mol. The first-order valence-corrected chi connectivity index (χ1v) is 10.3. The maximum atomic E-state index is 14.1. The van der Waals surface area contributed by atoms with Crippen LogP contribution in [0.5, 0.6) is 0 Å². The summed E-state index contributed by atoms with van der Waals surface area (Å²) >= 11 is 0. The second-order valence-corrected chi connectivity index (χ2v) is 9.71. The molecule has 0 saturated carbocycles. The molecule has 0 aliphatic carbocycles. The molecule has 8 nitrogen and oxygen atoms in total. The second-order valence-electron chi connectivity index (χ2n) is 7.52. The zero-order valence-electron chi connectivity index (χ0n) is 15.2. The number of hydrogen-bond acceptors (Lipinski definition) is 5. The number of halogens is 2. The molecule has 3 rings (SSSR count). The van der Waals surface area contributed by atoms with E-state index in [9.17, 15) is 31.6 Å². The smallest absolute Gasteiger partial charge is 0.325 e. The number of nitrogens with one attached hydrogen (secondary N) is 2. The van der Waals surface area contributed by atoms with Gasteiger partial charge in [-0.05, 0) is 38.5 Å². The van der Waals surface area contributed by atoms with Gasteiger partial charge in [-0.15, -0.1) is 0 Å². The van der Waals surface area contributed by atoms with Gasteiger partial charge in [0.1, 0.15) is 23.7 Å². The van der Waals surface area contributed by atoms with Crippen molar-refractivity contribution in [1.29, 1.82) is 0 Å². The molecule has 2 aliphatic heterocycles. The molecule has 152 valence electrons. The van der Waals surface area contributed by atoms with Crippen molar-refractivity contribution in [3.63, 3.8) is 0 Å². The maximum absolute atomic E-state index is 14.1. The number of imide groups is 1. The third kappa shape index (κ3) is 3.58. The molecular weight excluding hydrogens is 396 g/mol. The van der Waals surface area contributed by atoms with Gasteiger partial charge >= 0.3 is 6.03 Å². The van der Waals surface area contributed by atoms with Crippen molar-refractivity contribution in [2.24, 2.45) is 0 Å². The summed E-state index contributed by atoms with van der Waals surface area (Å²) in [5.41, 5.74) is -3.22.